The fraction of sp³-hybridized carbons (Fsp3) is 0.0417. The van der Waals surface area contributed by atoms with E-state index in [1.807, 2.05) is 91.9 Å². The summed E-state index contributed by atoms with van der Waals surface area (Å²) in [4.78, 5) is 12.7. The Bertz CT molecular complexity index is 1210. The normalized spacial score (nSPS) is 10.4. The van der Waals surface area contributed by atoms with E-state index in [-0.39, 0.29) is 11.0 Å². The summed E-state index contributed by atoms with van der Waals surface area (Å²) in [5.74, 6) is 1.07. The van der Waals surface area contributed by atoms with Gasteiger partial charge in [0.05, 0.1) is 23.1 Å². The first kappa shape index (κ1) is 20.3. The minimum absolute atomic E-state index is 0.189. The molecule has 0 unspecified atom stereocenters. The monoisotopic (exact) mass is 428 g/mol. The van der Waals surface area contributed by atoms with E-state index in [9.17, 15) is 4.79 Å². The van der Waals surface area contributed by atoms with E-state index in [1.165, 1.54) is 6.20 Å². The van der Waals surface area contributed by atoms with E-state index in [4.69, 9.17) is 17.0 Å². The Labute approximate surface area is 185 Å². The van der Waals surface area contributed by atoms with Gasteiger partial charge in [-0.05, 0) is 55.5 Å². The number of nitrogens with one attached hydrogen (secondary N) is 2. The van der Waals surface area contributed by atoms with E-state index in [0.29, 0.717) is 17.0 Å². The van der Waals surface area contributed by atoms with Crippen molar-refractivity contribution in [2.24, 2.45) is 0 Å². The number of hydrogen-bond donors (Lipinski definition) is 2. The zero-order valence-corrected chi connectivity index (χ0v) is 17.6. The average molecular weight is 429 g/mol. The topological polar surface area (TPSA) is 68.2 Å². The molecular formula is C24H20N4O2S. The van der Waals surface area contributed by atoms with Crippen molar-refractivity contribution >= 4 is 28.9 Å². The summed E-state index contributed by atoms with van der Waals surface area (Å²) < 4.78 is 7.55. The number of anilines is 1. The first-order valence-electron chi connectivity index (χ1n) is 9.65. The maximum absolute atomic E-state index is 12.7. The molecule has 0 atom stereocenters. The van der Waals surface area contributed by atoms with Crippen LogP contribution in [0.3, 0.4) is 0 Å². The number of hydrogen-bond acceptors (Lipinski definition) is 4. The molecule has 4 rings (SSSR count). The molecule has 1 aromatic heterocycles. The fourth-order valence-corrected chi connectivity index (χ4v) is 3.27. The van der Waals surface area contributed by atoms with Gasteiger partial charge in [0.2, 0.25) is 0 Å². The van der Waals surface area contributed by atoms with Gasteiger partial charge in [-0.25, -0.2) is 4.68 Å². The molecule has 2 N–H and O–H groups in total. The minimum Gasteiger partial charge on any atom is -0.457 e. The number of rotatable bonds is 5. The molecule has 3 aromatic carbocycles. The maximum Gasteiger partial charge on any atom is 0.260 e. The Morgan fingerprint density at radius 1 is 0.935 bits per heavy atom. The Balaban J connectivity index is 1.41. The fourth-order valence-electron chi connectivity index (χ4n) is 3.06. The predicted molar refractivity (Wildman–Crippen MR) is 125 cm³/mol. The summed E-state index contributed by atoms with van der Waals surface area (Å²) in [5, 5.41) is 10.2. The third-order valence-corrected chi connectivity index (χ3v) is 4.76. The van der Waals surface area contributed by atoms with Crippen LogP contribution in [0.1, 0.15) is 16.1 Å². The van der Waals surface area contributed by atoms with Crippen LogP contribution in [0.2, 0.25) is 0 Å². The molecule has 0 saturated carbocycles. The van der Waals surface area contributed by atoms with Gasteiger partial charge in [0, 0.05) is 11.8 Å². The van der Waals surface area contributed by atoms with Crippen molar-refractivity contribution in [2.45, 2.75) is 6.92 Å². The molecule has 4 aromatic rings. The molecule has 7 heteroatoms. The van der Waals surface area contributed by atoms with Crippen molar-refractivity contribution < 1.29 is 9.53 Å². The van der Waals surface area contributed by atoms with Crippen LogP contribution in [-0.2, 0) is 0 Å². The Morgan fingerprint density at radius 2 is 1.61 bits per heavy atom. The highest BCUT2D eigenvalue weighted by atomic mass is 32.1. The number of thiocarbonyl (C=S) groups is 1. The molecule has 0 aliphatic carbocycles. The highest BCUT2D eigenvalue weighted by molar-refractivity contribution is 7.80. The van der Waals surface area contributed by atoms with Crippen LogP contribution >= 0.6 is 12.2 Å². The summed E-state index contributed by atoms with van der Waals surface area (Å²) in [5.41, 5.74) is 2.77. The van der Waals surface area contributed by atoms with E-state index < -0.39 is 0 Å². The van der Waals surface area contributed by atoms with Crippen LogP contribution in [0.15, 0.2) is 91.1 Å². The summed E-state index contributed by atoms with van der Waals surface area (Å²) >= 11 is 5.32. The molecule has 1 heterocycles. The van der Waals surface area contributed by atoms with Gasteiger partial charge < -0.3 is 10.1 Å². The number of para-hydroxylation sites is 2. The molecule has 0 radical (unpaired) electrons. The lowest BCUT2D eigenvalue weighted by Gasteiger charge is -2.11. The zero-order valence-electron chi connectivity index (χ0n) is 16.8. The predicted octanol–water partition coefficient (Wildman–Crippen LogP) is 5.10. The molecule has 0 saturated heterocycles. The Morgan fingerprint density at radius 3 is 2.35 bits per heavy atom. The summed E-state index contributed by atoms with van der Waals surface area (Å²) in [6, 6.07) is 26.5. The van der Waals surface area contributed by atoms with E-state index >= 15 is 0 Å². The van der Waals surface area contributed by atoms with Crippen LogP contribution in [0.25, 0.3) is 5.69 Å². The molecule has 1 amide bonds. The standard InChI is InChI=1S/C24H20N4O2S/c1-17-22(16-25-28(17)19-10-4-2-5-11-19)23(29)27-24(31)26-18-9-8-14-21(15-18)30-20-12-6-3-7-13-20/h2-16H,1H3,(H2,26,27,29,31). The van der Waals surface area contributed by atoms with Gasteiger partial charge in [-0.3, -0.25) is 10.1 Å². The van der Waals surface area contributed by atoms with Gasteiger partial charge in [-0.1, -0.05) is 42.5 Å². The Hall–Kier alpha value is -3.97. The van der Waals surface area contributed by atoms with Crippen LogP contribution < -0.4 is 15.4 Å². The number of nitrogens with zero attached hydrogens (tertiary/aromatic N) is 2. The van der Waals surface area contributed by atoms with Crippen LogP contribution in [0.4, 0.5) is 5.69 Å². The van der Waals surface area contributed by atoms with Crippen molar-refractivity contribution in [1.82, 2.24) is 15.1 Å². The number of aromatic nitrogens is 2. The average Bonchev–Trinajstić information content (AvgIpc) is 3.16. The van der Waals surface area contributed by atoms with Gasteiger partial charge in [0.1, 0.15) is 11.5 Å². The number of ether oxygens (including phenoxy) is 1. The molecular weight excluding hydrogens is 408 g/mol. The molecule has 6 nitrogen and oxygen atoms in total. The van der Waals surface area contributed by atoms with Gasteiger partial charge >= 0.3 is 0 Å². The van der Waals surface area contributed by atoms with Crippen molar-refractivity contribution in [3.63, 3.8) is 0 Å². The molecule has 0 fully saturated rings. The molecule has 0 bridgehead atoms. The highest BCUT2D eigenvalue weighted by Crippen LogP contribution is 2.23. The lowest BCUT2D eigenvalue weighted by Crippen LogP contribution is -2.34. The molecule has 0 aliphatic heterocycles. The lowest BCUT2D eigenvalue weighted by atomic mass is 10.2. The highest BCUT2D eigenvalue weighted by Gasteiger charge is 2.16. The second-order valence-corrected chi connectivity index (χ2v) is 7.15. The van der Waals surface area contributed by atoms with Crippen molar-refractivity contribution in [1.29, 1.82) is 0 Å². The molecule has 154 valence electrons. The minimum atomic E-state index is -0.325. The van der Waals surface area contributed by atoms with Crippen molar-refractivity contribution in [3.8, 4) is 17.2 Å². The van der Waals surface area contributed by atoms with Gasteiger partial charge in [-0.2, -0.15) is 5.10 Å². The first-order chi connectivity index (χ1) is 15.1. The second kappa shape index (κ2) is 9.23. The molecule has 0 aliphatic rings. The zero-order chi connectivity index (χ0) is 21.6. The quantitative estimate of drug-likeness (QED) is 0.433. The van der Waals surface area contributed by atoms with Crippen molar-refractivity contribution in [2.75, 3.05) is 5.32 Å². The summed E-state index contributed by atoms with van der Waals surface area (Å²) in [7, 11) is 0. The molecule has 0 spiro atoms. The van der Waals surface area contributed by atoms with Gasteiger partial charge in [-0.15, -0.1) is 0 Å². The van der Waals surface area contributed by atoms with Gasteiger partial charge in [0.15, 0.2) is 5.11 Å². The van der Waals surface area contributed by atoms with Crippen molar-refractivity contribution in [3.05, 3.63) is 102 Å². The maximum atomic E-state index is 12.7. The van der Waals surface area contributed by atoms with Gasteiger partial charge in [0.25, 0.3) is 5.91 Å². The first-order valence-corrected chi connectivity index (χ1v) is 10.1. The van der Waals surface area contributed by atoms with E-state index in [1.54, 1.807) is 4.68 Å². The number of benzene rings is 3. The van der Waals surface area contributed by atoms with Crippen LogP contribution in [-0.4, -0.2) is 20.8 Å². The third kappa shape index (κ3) is 4.96. The SMILES string of the molecule is Cc1c(C(=O)NC(=S)Nc2cccc(Oc3ccccc3)c2)cnn1-c1ccccc1. The van der Waals surface area contributed by atoms with Crippen LogP contribution in [0, 0.1) is 6.92 Å². The number of amides is 1. The smallest absolute Gasteiger partial charge is 0.260 e. The summed E-state index contributed by atoms with van der Waals surface area (Å²) in [6.45, 7) is 1.84. The van der Waals surface area contributed by atoms with Crippen LogP contribution in [0.5, 0.6) is 11.5 Å². The lowest BCUT2D eigenvalue weighted by molar-refractivity contribution is 0.0977. The van der Waals surface area contributed by atoms with E-state index in [0.717, 1.165) is 17.1 Å². The largest absolute Gasteiger partial charge is 0.457 e. The summed E-state index contributed by atoms with van der Waals surface area (Å²) in [6.07, 6.45) is 1.54. The number of carbonyl (C=O) groups is 1. The second-order valence-electron chi connectivity index (χ2n) is 6.74. The molecule has 31 heavy (non-hydrogen) atoms. The Kier molecular flexibility index (Phi) is 6.05. The number of carbonyl (C=O) groups excluding carboxylic acids is 1. The van der Waals surface area contributed by atoms with E-state index in [2.05, 4.69) is 15.7 Å². The third-order valence-electron chi connectivity index (χ3n) is 4.55.